The van der Waals surface area contributed by atoms with Crippen molar-refractivity contribution in [1.29, 1.82) is 0 Å². The van der Waals surface area contributed by atoms with Crippen LogP contribution in [0.1, 0.15) is 49.1 Å². The predicted molar refractivity (Wildman–Crippen MR) is 128 cm³/mol. The first-order valence-corrected chi connectivity index (χ1v) is 12.2. The van der Waals surface area contributed by atoms with Gasteiger partial charge in [0.05, 0.1) is 11.5 Å². The number of alkyl carbamates (subject to hydrolysis) is 1. The molecule has 2 aliphatic carbocycles. The molecule has 1 saturated carbocycles. The van der Waals surface area contributed by atoms with E-state index in [1.807, 2.05) is 24.3 Å². The van der Waals surface area contributed by atoms with E-state index in [0.717, 1.165) is 35.1 Å². The number of ether oxygens (including phenoxy) is 1. The highest BCUT2D eigenvalue weighted by atomic mass is 16.5. The lowest BCUT2D eigenvalue weighted by Gasteiger charge is -2.34. The quantitative estimate of drug-likeness (QED) is 0.588. The van der Waals surface area contributed by atoms with Crippen LogP contribution >= 0.6 is 0 Å². The molecule has 2 atom stereocenters. The first-order valence-electron chi connectivity index (χ1n) is 12.2. The number of carboxylic acids is 1. The molecule has 0 spiro atoms. The van der Waals surface area contributed by atoms with E-state index in [2.05, 4.69) is 29.6 Å². The third-order valence-corrected chi connectivity index (χ3v) is 7.75. The summed E-state index contributed by atoms with van der Waals surface area (Å²) in [6.07, 6.45) is 1.36. The van der Waals surface area contributed by atoms with Crippen LogP contribution in [0.25, 0.3) is 11.1 Å². The lowest BCUT2D eigenvalue weighted by atomic mass is 9.84. The standard InChI is InChI=1S/C27H30N2O6/c30-17-13-23(24(31)32)29(14-17)25(33)27(11-5-6-12-27)16-28-26(34)35-15-22-20-9-3-1-7-18(20)19-8-2-4-10-21(19)22/h1-4,7-10,17,22-23,30H,5-6,11-16H2,(H,28,34)(H,31,32). The van der Waals surface area contributed by atoms with Crippen LogP contribution in [0.4, 0.5) is 4.79 Å². The Balaban J connectivity index is 1.24. The molecule has 2 aromatic carbocycles. The summed E-state index contributed by atoms with van der Waals surface area (Å²) in [5, 5.41) is 22.3. The zero-order valence-electron chi connectivity index (χ0n) is 19.5. The van der Waals surface area contributed by atoms with Gasteiger partial charge in [0.1, 0.15) is 12.6 Å². The van der Waals surface area contributed by atoms with E-state index in [1.165, 1.54) is 4.90 Å². The number of carbonyl (C=O) groups is 3. The zero-order chi connectivity index (χ0) is 24.6. The molecule has 8 nitrogen and oxygen atoms in total. The number of aliphatic hydroxyl groups is 1. The van der Waals surface area contributed by atoms with Gasteiger partial charge in [-0.3, -0.25) is 4.79 Å². The number of carboxylic acid groups (broad SMARTS) is 1. The SMILES string of the molecule is O=C(NCC1(C(=O)N2CC(O)CC2C(=O)O)CCCC1)OCC1c2ccccc2-c2ccccc21. The van der Waals surface area contributed by atoms with Crippen LogP contribution in [0.15, 0.2) is 48.5 Å². The Kier molecular flexibility index (Phi) is 6.23. The van der Waals surface area contributed by atoms with E-state index < -0.39 is 29.6 Å². The van der Waals surface area contributed by atoms with Crippen LogP contribution in [0, 0.1) is 5.41 Å². The van der Waals surface area contributed by atoms with Crippen LogP contribution in [0.2, 0.25) is 0 Å². The Hall–Kier alpha value is -3.39. The third kappa shape index (κ3) is 4.27. The predicted octanol–water partition coefficient (Wildman–Crippen LogP) is 3.13. The molecule has 184 valence electrons. The van der Waals surface area contributed by atoms with E-state index in [4.69, 9.17) is 4.74 Å². The number of aliphatic carboxylic acids is 1. The van der Waals surface area contributed by atoms with Crippen LogP contribution in [-0.2, 0) is 14.3 Å². The maximum absolute atomic E-state index is 13.4. The smallest absolute Gasteiger partial charge is 0.407 e. The number of fused-ring (bicyclic) bond motifs is 3. The Bertz CT molecular complexity index is 1100. The number of nitrogens with one attached hydrogen (secondary N) is 1. The number of benzene rings is 2. The number of likely N-dealkylation sites (tertiary alicyclic amines) is 1. The molecule has 5 rings (SSSR count). The third-order valence-electron chi connectivity index (χ3n) is 7.75. The van der Waals surface area contributed by atoms with Crippen molar-refractivity contribution in [3.8, 4) is 11.1 Å². The first-order chi connectivity index (χ1) is 16.9. The van der Waals surface area contributed by atoms with Gasteiger partial charge in [-0.15, -0.1) is 0 Å². The van der Waals surface area contributed by atoms with Crippen LogP contribution in [0.5, 0.6) is 0 Å². The number of amides is 2. The van der Waals surface area contributed by atoms with Crippen molar-refractivity contribution in [3.05, 3.63) is 59.7 Å². The van der Waals surface area contributed by atoms with Crippen molar-refractivity contribution in [1.82, 2.24) is 10.2 Å². The van der Waals surface area contributed by atoms with Crippen LogP contribution in [0.3, 0.4) is 0 Å². The van der Waals surface area contributed by atoms with Crippen molar-refractivity contribution >= 4 is 18.0 Å². The molecule has 0 aromatic heterocycles. The van der Waals surface area contributed by atoms with Crippen molar-refractivity contribution in [2.75, 3.05) is 19.7 Å². The second-order valence-electron chi connectivity index (χ2n) is 9.87. The highest BCUT2D eigenvalue weighted by Gasteiger charge is 2.49. The molecular weight excluding hydrogens is 448 g/mol. The van der Waals surface area contributed by atoms with E-state index in [-0.39, 0.29) is 37.9 Å². The average Bonchev–Trinajstić information content (AvgIpc) is 3.57. The van der Waals surface area contributed by atoms with Crippen molar-refractivity contribution in [2.45, 2.75) is 50.2 Å². The minimum Gasteiger partial charge on any atom is -0.480 e. The minimum absolute atomic E-state index is 0.00247. The van der Waals surface area contributed by atoms with Gasteiger partial charge in [-0.2, -0.15) is 0 Å². The largest absolute Gasteiger partial charge is 0.480 e. The molecule has 2 fully saturated rings. The van der Waals surface area contributed by atoms with Crippen LogP contribution in [-0.4, -0.2) is 64.9 Å². The fraction of sp³-hybridized carbons (Fsp3) is 0.444. The van der Waals surface area contributed by atoms with Gasteiger partial charge in [0.25, 0.3) is 0 Å². The number of carbonyl (C=O) groups excluding carboxylic acids is 2. The summed E-state index contributed by atoms with van der Waals surface area (Å²) in [5.74, 6) is -1.48. The number of aliphatic hydroxyl groups excluding tert-OH is 1. The van der Waals surface area contributed by atoms with Crippen molar-refractivity contribution in [3.63, 3.8) is 0 Å². The van der Waals surface area contributed by atoms with E-state index in [9.17, 15) is 24.6 Å². The zero-order valence-corrected chi connectivity index (χ0v) is 19.5. The topological polar surface area (TPSA) is 116 Å². The van der Waals surface area contributed by atoms with Gasteiger partial charge in [-0.1, -0.05) is 61.4 Å². The number of β-amino-alcohol motifs (C(OH)–C–C–N with tert-alkyl or cyclic N) is 1. The summed E-state index contributed by atoms with van der Waals surface area (Å²) in [5.41, 5.74) is 3.66. The molecule has 2 aromatic rings. The highest BCUT2D eigenvalue weighted by molar-refractivity contribution is 5.89. The Morgan fingerprint density at radius 3 is 2.20 bits per heavy atom. The summed E-state index contributed by atoms with van der Waals surface area (Å²) < 4.78 is 5.62. The Labute approximate surface area is 203 Å². The number of rotatable bonds is 6. The molecule has 1 heterocycles. The molecule has 2 unspecified atom stereocenters. The maximum Gasteiger partial charge on any atom is 0.407 e. The second kappa shape index (κ2) is 9.34. The molecule has 1 saturated heterocycles. The molecule has 1 aliphatic heterocycles. The van der Waals surface area contributed by atoms with E-state index in [1.54, 1.807) is 0 Å². The minimum atomic E-state index is -1.12. The lowest BCUT2D eigenvalue weighted by molar-refractivity contribution is -0.153. The highest BCUT2D eigenvalue weighted by Crippen LogP contribution is 2.44. The van der Waals surface area contributed by atoms with Gasteiger partial charge < -0.3 is 25.2 Å². The normalized spacial score (nSPS) is 22.5. The number of nitrogens with zero attached hydrogens (tertiary/aromatic N) is 1. The average molecular weight is 479 g/mol. The maximum atomic E-state index is 13.4. The molecule has 0 radical (unpaired) electrons. The fourth-order valence-electron chi connectivity index (χ4n) is 5.99. The van der Waals surface area contributed by atoms with Gasteiger partial charge in [-0.25, -0.2) is 9.59 Å². The molecule has 35 heavy (non-hydrogen) atoms. The molecular formula is C27H30N2O6. The Morgan fingerprint density at radius 2 is 1.60 bits per heavy atom. The second-order valence-corrected chi connectivity index (χ2v) is 9.87. The summed E-state index contributed by atoms with van der Waals surface area (Å²) in [4.78, 5) is 39.1. The lowest BCUT2D eigenvalue weighted by Crippen LogP contribution is -2.52. The molecule has 2 amide bonds. The number of hydrogen-bond acceptors (Lipinski definition) is 5. The van der Waals surface area contributed by atoms with E-state index in [0.29, 0.717) is 12.8 Å². The summed E-state index contributed by atoms with van der Waals surface area (Å²) >= 11 is 0. The van der Waals surface area contributed by atoms with Gasteiger partial charge in [0.15, 0.2) is 0 Å². The fourth-order valence-corrected chi connectivity index (χ4v) is 5.99. The van der Waals surface area contributed by atoms with Crippen LogP contribution < -0.4 is 5.32 Å². The van der Waals surface area contributed by atoms with Gasteiger partial charge in [-0.05, 0) is 35.1 Å². The monoisotopic (exact) mass is 478 g/mol. The van der Waals surface area contributed by atoms with E-state index >= 15 is 0 Å². The van der Waals surface area contributed by atoms with Gasteiger partial charge in [0.2, 0.25) is 5.91 Å². The number of hydrogen-bond donors (Lipinski definition) is 3. The molecule has 3 N–H and O–H groups in total. The molecule has 3 aliphatic rings. The molecule has 8 heteroatoms. The van der Waals surface area contributed by atoms with Crippen molar-refractivity contribution in [2.24, 2.45) is 5.41 Å². The first kappa shape index (κ1) is 23.4. The summed E-state index contributed by atoms with van der Waals surface area (Å²) in [6, 6.07) is 15.2. The van der Waals surface area contributed by atoms with Gasteiger partial charge in [0, 0.05) is 25.4 Å². The molecule has 0 bridgehead atoms. The summed E-state index contributed by atoms with van der Waals surface area (Å²) in [7, 11) is 0. The Morgan fingerprint density at radius 1 is 1.00 bits per heavy atom. The summed E-state index contributed by atoms with van der Waals surface area (Å²) in [6.45, 7) is 0.268. The van der Waals surface area contributed by atoms with Crippen molar-refractivity contribution < 1.29 is 29.3 Å². The van der Waals surface area contributed by atoms with Gasteiger partial charge >= 0.3 is 12.1 Å².